The summed E-state index contributed by atoms with van der Waals surface area (Å²) in [7, 11) is -3.47. The van der Waals surface area contributed by atoms with Gasteiger partial charge in [0.15, 0.2) is 0 Å². The fourth-order valence-electron chi connectivity index (χ4n) is 1.25. The van der Waals surface area contributed by atoms with Crippen LogP contribution in [0.25, 0.3) is 0 Å². The van der Waals surface area contributed by atoms with E-state index in [4.69, 9.17) is 5.73 Å². The number of hydrogen-bond donors (Lipinski definition) is 2. The summed E-state index contributed by atoms with van der Waals surface area (Å²) in [5.41, 5.74) is 6.08. The molecule has 0 aliphatic heterocycles. The Morgan fingerprint density at radius 1 is 1.33 bits per heavy atom. The molecule has 18 heavy (non-hydrogen) atoms. The number of pyridine rings is 1. The zero-order valence-electron chi connectivity index (χ0n) is 11.1. The van der Waals surface area contributed by atoms with Crippen LogP contribution in [0, 0.1) is 11.8 Å². The van der Waals surface area contributed by atoms with E-state index in [2.05, 4.69) is 23.6 Å². The van der Waals surface area contributed by atoms with Gasteiger partial charge in [0, 0.05) is 19.3 Å². The molecular weight excluding hydrogens is 250 g/mol. The van der Waals surface area contributed by atoms with Gasteiger partial charge in [0.05, 0.1) is 5.69 Å². The van der Waals surface area contributed by atoms with Crippen LogP contribution in [-0.4, -0.2) is 19.9 Å². The van der Waals surface area contributed by atoms with Gasteiger partial charge >= 0.3 is 0 Å². The molecule has 0 aromatic carbocycles. The molecule has 0 aliphatic rings. The van der Waals surface area contributed by atoms with Crippen molar-refractivity contribution in [2.24, 2.45) is 17.6 Å². The maximum absolute atomic E-state index is 12.0. The molecule has 6 heteroatoms. The quantitative estimate of drug-likeness (QED) is 0.811. The van der Waals surface area contributed by atoms with Crippen LogP contribution in [0.15, 0.2) is 23.2 Å². The minimum atomic E-state index is -3.47. The molecule has 1 rings (SSSR count). The van der Waals surface area contributed by atoms with E-state index in [0.29, 0.717) is 24.7 Å². The molecule has 0 spiro atoms. The fourth-order valence-corrected chi connectivity index (χ4v) is 2.34. The van der Waals surface area contributed by atoms with Crippen molar-refractivity contribution in [3.05, 3.63) is 24.0 Å². The Kier molecular flexibility index (Phi) is 5.25. The highest BCUT2D eigenvalue weighted by molar-refractivity contribution is 7.89. The Morgan fingerprint density at radius 2 is 2.00 bits per heavy atom. The zero-order chi connectivity index (χ0) is 13.8. The van der Waals surface area contributed by atoms with E-state index in [1.54, 1.807) is 6.07 Å². The standard InChI is InChI=1S/C12H21N3O2S/c1-9(2)10(3)7-15-18(16,17)12-5-4-11(6-13)14-8-12/h4-5,8-10,15H,6-7,13H2,1-3H3. The number of hydrogen-bond acceptors (Lipinski definition) is 4. The van der Waals surface area contributed by atoms with E-state index in [-0.39, 0.29) is 10.8 Å². The van der Waals surface area contributed by atoms with Crippen molar-refractivity contribution < 1.29 is 8.42 Å². The van der Waals surface area contributed by atoms with Gasteiger partial charge in [-0.2, -0.15) is 0 Å². The average Bonchev–Trinajstić information content (AvgIpc) is 2.36. The number of rotatable bonds is 6. The molecule has 1 aromatic rings. The summed E-state index contributed by atoms with van der Waals surface area (Å²) in [5, 5.41) is 0. The highest BCUT2D eigenvalue weighted by Crippen LogP contribution is 2.11. The van der Waals surface area contributed by atoms with E-state index in [1.807, 2.05) is 6.92 Å². The van der Waals surface area contributed by atoms with Crippen LogP contribution in [0.2, 0.25) is 0 Å². The Labute approximate surface area is 109 Å². The third-order valence-electron chi connectivity index (χ3n) is 3.05. The lowest BCUT2D eigenvalue weighted by Gasteiger charge is -2.16. The molecule has 0 bridgehead atoms. The van der Waals surface area contributed by atoms with Crippen LogP contribution in [0.3, 0.4) is 0 Å². The topological polar surface area (TPSA) is 85.1 Å². The second-order valence-corrected chi connectivity index (χ2v) is 6.53. The van der Waals surface area contributed by atoms with Crippen LogP contribution in [0.4, 0.5) is 0 Å². The van der Waals surface area contributed by atoms with Crippen molar-refractivity contribution in [1.29, 1.82) is 0 Å². The first-order chi connectivity index (χ1) is 8.36. The predicted molar refractivity (Wildman–Crippen MR) is 71.3 cm³/mol. The first-order valence-corrected chi connectivity index (χ1v) is 7.49. The van der Waals surface area contributed by atoms with Crippen LogP contribution in [0.5, 0.6) is 0 Å². The first kappa shape index (κ1) is 15.1. The summed E-state index contributed by atoms with van der Waals surface area (Å²) in [5.74, 6) is 0.724. The Hall–Kier alpha value is -0.980. The van der Waals surface area contributed by atoms with Crippen molar-refractivity contribution >= 4 is 10.0 Å². The molecule has 0 aliphatic carbocycles. The molecule has 0 saturated carbocycles. The molecule has 0 fully saturated rings. The van der Waals surface area contributed by atoms with Crippen molar-refractivity contribution in [2.75, 3.05) is 6.54 Å². The first-order valence-electron chi connectivity index (χ1n) is 6.01. The minimum absolute atomic E-state index is 0.177. The van der Waals surface area contributed by atoms with Crippen molar-refractivity contribution in [1.82, 2.24) is 9.71 Å². The molecule has 1 unspecified atom stereocenters. The van der Waals surface area contributed by atoms with E-state index < -0.39 is 10.0 Å². The Morgan fingerprint density at radius 3 is 2.44 bits per heavy atom. The number of nitrogens with zero attached hydrogens (tertiary/aromatic N) is 1. The van der Waals surface area contributed by atoms with Gasteiger partial charge in [-0.25, -0.2) is 13.1 Å². The molecule has 1 aromatic heterocycles. The number of sulfonamides is 1. The third kappa shape index (κ3) is 4.04. The summed E-state index contributed by atoms with van der Waals surface area (Å²) >= 11 is 0. The van der Waals surface area contributed by atoms with E-state index in [9.17, 15) is 8.42 Å². The van der Waals surface area contributed by atoms with Crippen LogP contribution in [0.1, 0.15) is 26.5 Å². The maximum atomic E-state index is 12.0. The van der Waals surface area contributed by atoms with Gasteiger partial charge in [0.1, 0.15) is 4.90 Å². The normalized spacial score (nSPS) is 13.8. The van der Waals surface area contributed by atoms with Crippen molar-refractivity contribution in [2.45, 2.75) is 32.2 Å². The zero-order valence-corrected chi connectivity index (χ0v) is 11.9. The monoisotopic (exact) mass is 271 g/mol. The summed E-state index contributed by atoms with van der Waals surface area (Å²) in [6.45, 7) is 6.88. The Bertz CT molecular complexity index is 469. The van der Waals surface area contributed by atoms with Crippen molar-refractivity contribution in [3.8, 4) is 0 Å². The molecule has 0 amide bonds. The van der Waals surface area contributed by atoms with Gasteiger partial charge < -0.3 is 5.73 Å². The summed E-state index contributed by atoms with van der Waals surface area (Å²) in [6, 6.07) is 3.15. The number of nitrogens with two attached hydrogens (primary N) is 1. The van der Waals surface area contributed by atoms with Gasteiger partial charge in [-0.05, 0) is 24.0 Å². The van der Waals surface area contributed by atoms with E-state index in [0.717, 1.165) is 0 Å². The second-order valence-electron chi connectivity index (χ2n) is 4.76. The lowest BCUT2D eigenvalue weighted by Crippen LogP contribution is -2.30. The Balaban J connectivity index is 2.73. The third-order valence-corrected chi connectivity index (χ3v) is 4.46. The predicted octanol–water partition coefficient (Wildman–Crippen LogP) is 1.11. The van der Waals surface area contributed by atoms with Gasteiger partial charge in [0.2, 0.25) is 10.0 Å². The van der Waals surface area contributed by atoms with Gasteiger partial charge in [-0.3, -0.25) is 4.98 Å². The molecule has 102 valence electrons. The summed E-state index contributed by atoms with van der Waals surface area (Å²) < 4.78 is 26.5. The molecule has 1 heterocycles. The van der Waals surface area contributed by atoms with Gasteiger partial charge in [0.25, 0.3) is 0 Å². The van der Waals surface area contributed by atoms with Crippen LogP contribution < -0.4 is 10.5 Å². The molecule has 0 saturated heterocycles. The second kappa shape index (κ2) is 6.26. The highest BCUT2D eigenvalue weighted by Gasteiger charge is 2.16. The maximum Gasteiger partial charge on any atom is 0.242 e. The SMILES string of the molecule is CC(C)C(C)CNS(=O)(=O)c1ccc(CN)nc1. The molecule has 3 N–H and O–H groups in total. The number of aromatic nitrogens is 1. The lowest BCUT2D eigenvalue weighted by atomic mass is 9.99. The van der Waals surface area contributed by atoms with E-state index in [1.165, 1.54) is 12.3 Å². The van der Waals surface area contributed by atoms with Gasteiger partial charge in [-0.1, -0.05) is 20.8 Å². The van der Waals surface area contributed by atoms with Crippen molar-refractivity contribution in [3.63, 3.8) is 0 Å². The van der Waals surface area contributed by atoms with Crippen LogP contribution >= 0.6 is 0 Å². The smallest absolute Gasteiger partial charge is 0.242 e. The van der Waals surface area contributed by atoms with Gasteiger partial charge in [-0.15, -0.1) is 0 Å². The fraction of sp³-hybridized carbons (Fsp3) is 0.583. The summed E-state index contributed by atoms with van der Waals surface area (Å²) in [6.07, 6.45) is 1.34. The molecular formula is C12H21N3O2S. The highest BCUT2D eigenvalue weighted by atomic mass is 32.2. The van der Waals surface area contributed by atoms with E-state index >= 15 is 0 Å². The number of nitrogens with one attached hydrogen (secondary N) is 1. The molecule has 5 nitrogen and oxygen atoms in total. The largest absolute Gasteiger partial charge is 0.325 e. The summed E-state index contributed by atoms with van der Waals surface area (Å²) in [4.78, 5) is 4.16. The molecule has 1 atom stereocenters. The average molecular weight is 271 g/mol. The lowest BCUT2D eigenvalue weighted by molar-refractivity contribution is 0.414. The molecule has 0 radical (unpaired) electrons. The minimum Gasteiger partial charge on any atom is -0.325 e. The van der Waals surface area contributed by atoms with Crippen LogP contribution in [-0.2, 0) is 16.6 Å².